The highest BCUT2D eigenvalue weighted by molar-refractivity contribution is 5.93. The van der Waals surface area contributed by atoms with Crippen LogP contribution < -0.4 is 0 Å². The second-order valence-corrected chi connectivity index (χ2v) is 7.19. The third-order valence-electron chi connectivity index (χ3n) is 5.06. The van der Waals surface area contributed by atoms with E-state index >= 15 is 0 Å². The first-order valence-electron chi connectivity index (χ1n) is 8.80. The first-order valence-corrected chi connectivity index (χ1v) is 8.80. The lowest BCUT2D eigenvalue weighted by Crippen LogP contribution is -2.49. The number of likely N-dealkylation sites (tertiary alicyclic amines) is 1. The van der Waals surface area contributed by atoms with E-state index in [0.717, 1.165) is 24.3 Å². The maximum Gasteiger partial charge on any atom is 0.274 e. The fourth-order valence-electron chi connectivity index (χ4n) is 3.70. The highest BCUT2D eigenvalue weighted by atomic mass is 16.5. The van der Waals surface area contributed by atoms with Gasteiger partial charge in [0, 0.05) is 38.6 Å². The highest BCUT2D eigenvalue weighted by Crippen LogP contribution is 2.24. The summed E-state index contributed by atoms with van der Waals surface area (Å²) in [5.74, 6) is -0.112. The second-order valence-electron chi connectivity index (χ2n) is 7.19. The summed E-state index contributed by atoms with van der Waals surface area (Å²) in [6, 6.07) is 3.89. The number of ether oxygens (including phenoxy) is 1. The van der Waals surface area contributed by atoms with Crippen molar-refractivity contribution >= 4 is 11.6 Å². The molecule has 1 N–H and O–H groups in total. The van der Waals surface area contributed by atoms with Crippen LogP contribution in [0.5, 0.6) is 0 Å². The Morgan fingerprint density at radius 3 is 2.88 bits per heavy atom. The van der Waals surface area contributed by atoms with Gasteiger partial charge in [0.25, 0.3) is 5.91 Å². The van der Waals surface area contributed by atoms with Crippen LogP contribution in [0.25, 0.3) is 5.65 Å². The lowest BCUT2D eigenvalue weighted by atomic mass is 10.0. The first-order chi connectivity index (χ1) is 12.0. The number of rotatable bonds is 3. The van der Waals surface area contributed by atoms with E-state index in [0.29, 0.717) is 45.0 Å². The molecular weight excluding hydrogens is 320 g/mol. The Morgan fingerprint density at radius 1 is 1.28 bits per heavy atom. The van der Waals surface area contributed by atoms with Crippen molar-refractivity contribution in [2.75, 3.05) is 45.9 Å². The maximum atomic E-state index is 12.8. The van der Waals surface area contributed by atoms with Crippen molar-refractivity contribution in [3.8, 4) is 0 Å². The predicted octanol–water partition coefficient (Wildman–Crippen LogP) is 0.552. The van der Waals surface area contributed by atoms with E-state index in [4.69, 9.17) is 4.74 Å². The number of β-amino-alcohol motifs (C(OH)–C–C–N with tert-alkyl or cyclic N) is 1. The van der Waals surface area contributed by atoms with Crippen LogP contribution in [0.4, 0.5) is 0 Å². The van der Waals surface area contributed by atoms with Gasteiger partial charge < -0.3 is 19.1 Å². The number of pyridine rings is 1. The minimum Gasteiger partial charge on any atom is -0.387 e. The Balaban J connectivity index is 1.45. The summed E-state index contributed by atoms with van der Waals surface area (Å²) in [4.78, 5) is 21.1. The van der Waals surface area contributed by atoms with Crippen molar-refractivity contribution in [1.29, 1.82) is 0 Å². The number of amides is 1. The SMILES string of the molecule is Cc1ccc2nc(C(=O)N3CC[C@](O)(CN4CCOCC4)C3)cn2c1. The summed E-state index contributed by atoms with van der Waals surface area (Å²) in [5.41, 5.74) is 1.46. The van der Waals surface area contributed by atoms with Crippen molar-refractivity contribution < 1.29 is 14.6 Å². The lowest BCUT2D eigenvalue weighted by Gasteiger charge is -2.33. The number of fused-ring (bicyclic) bond motifs is 1. The number of hydrogen-bond acceptors (Lipinski definition) is 5. The number of nitrogens with zero attached hydrogens (tertiary/aromatic N) is 4. The molecule has 2 aliphatic rings. The topological polar surface area (TPSA) is 70.3 Å². The third kappa shape index (κ3) is 3.40. The van der Waals surface area contributed by atoms with Crippen LogP contribution in [0.2, 0.25) is 0 Å². The van der Waals surface area contributed by atoms with Crippen molar-refractivity contribution in [1.82, 2.24) is 19.2 Å². The Hall–Kier alpha value is -1.96. The number of aromatic nitrogens is 2. The average Bonchev–Trinajstić information content (AvgIpc) is 3.18. The van der Waals surface area contributed by atoms with E-state index < -0.39 is 5.60 Å². The first kappa shape index (κ1) is 16.5. The van der Waals surface area contributed by atoms with Gasteiger partial charge in [-0.05, 0) is 25.0 Å². The molecule has 25 heavy (non-hydrogen) atoms. The molecule has 2 aromatic rings. The van der Waals surface area contributed by atoms with Crippen molar-refractivity contribution in [3.05, 3.63) is 35.8 Å². The Morgan fingerprint density at radius 2 is 2.08 bits per heavy atom. The number of carbonyl (C=O) groups is 1. The van der Waals surface area contributed by atoms with Crippen molar-refractivity contribution in [2.24, 2.45) is 0 Å². The standard InChI is InChI=1S/C18H24N4O3/c1-14-2-3-16-19-15(11-22(16)10-14)17(23)21-5-4-18(24,13-21)12-20-6-8-25-9-7-20/h2-3,10-11,24H,4-9,12-13H2,1H3/t18-/m0/s1. The molecule has 0 aromatic carbocycles. The number of aliphatic hydroxyl groups is 1. The van der Waals surface area contributed by atoms with Crippen molar-refractivity contribution in [3.63, 3.8) is 0 Å². The average molecular weight is 344 g/mol. The van der Waals surface area contributed by atoms with E-state index in [1.165, 1.54) is 0 Å². The van der Waals surface area contributed by atoms with Gasteiger partial charge in [-0.15, -0.1) is 0 Å². The van der Waals surface area contributed by atoms with E-state index in [-0.39, 0.29) is 5.91 Å². The monoisotopic (exact) mass is 344 g/mol. The number of hydrogen-bond donors (Lipinski definition) is 1. The summed E-state index contributed by atoms with van der Waals surface area (Å²) in [7, 11) is 0. The van der Waals surface area contributed by atoms with Crippen LogP contribution in [-0.2, 0) is 4.74 Å². The molecule has 4 rings (SSSR count). The number of imidazole rings is 1. The molecule has 1 amide bonds. The number of carbonyl (C=O) groups excluding carboxylic acids is 1. The van der Waals surface area contributed by atoms with Gasteiger partial charge in [-0.3, -0.25) is 9.69 Å². The fraction of sp³-hybridized carbons (Fsp3) is 0.556. The Labute approximate surface area is 146 Å². The summed E-state index contributed by atoms with van der Waals surface area (Å²) in [6.07, 6.45) is 4.32. The fourth-order valence-corrected chi connectivity index (χ4v) is 3.70. The number of aryl methyl sites for hydroxylation is 1. The van der Waals surface area contributed by atoms with Gasteiger partial charge in [0.15, 0.2) is 0 Å². The molecule has 0 saturated carbocycles. The summed E-state index contributed by atoms with van der Waals surface area (Å²) in [5, 5.41) is 10.9. The zero-order chi connectivity index (χ0) is 17.4. The van der Waals surface area contributed by atoms with Gasteiger partial charge in [0.2, 0.25) is 0 Å². The molecule has 2 aromatic heterocycles. The van der Waals surface area contributed by atoms with Gasteiger partial charge in [-0.1, -0.05) is 6.07 Å². The molecule has 2 saturated heterocycles. The van der Waals surface area contributed by atoms with Crippen molar-refractivity contribution in [2.45, 2.75) is 18.9 Å². The third-order valence-corrected chi connectivity index (χ3v) is 5.06. The maximum absolute atomic E-state index is 12.8. The summed E-state index contributed by atoms with van der Waals surface area (Å²) >= 11 is 0. The normalized spacial score (nSPS) is 25.0. The molecule has 0 radical (unpaired) electrons. The quantitative estimate of drug-likeness (QED) is 0.881. The molecule has 2 aliphatic heterocycles. The summed E-state index contributed by atoms with van der Waals surface area (Å²) < 4.78 is 7.23. The smallest absolute Gasteiger partial charge is 0.274 e. The minimum absolute atomic E-state index is 0.112. The highest BCUT2D eigenvalue weighted by Gasteiger charge is 2.40. The molecule has 0 spiro atoms. The molecule has 0 aliphatic carbocycles. The second kappa shape index (κ2) is 6.40. The molecule has 0 bridgehead atoms. The van der Waals surface area contributed by atoms with Gasteiger partial charge in [0.1, 0.15) is 11.3 Å². The number of morpholine rings is 1. The molecule has 134 valence electrons. The molecule has 7 heteroatoms. The molecule has 1 atom stereocenters. The van der Waals surface area contributed by atoms with Crippen LogP contribution in [0.3, 0.4) is 0 Å². The van der Waals surface area contributed by atoms with Gasteiger partial charge in [-0.2, -0.15) is 0 Å². The van der Waals surface area contributed by atoms with Crippen LogP contribution in [0, 0.1) is 6.92 Å². The molecule has 0 unspecified atom stereocenters. The van der Waals surface area contributed by atoms with Gasteiger partial charge in [-0.25, -0.2) is 4.98 Å². The largest absolute Gasteiger partial charge is 0.387 e. The minimum atomic E-state index is -0.844. The molecular formula is C18H24N4O3. The zero-order valence-corrected chi connectivity index (χ0v) is 14.5. The Kier molecular flexibility index (Phi) is 4.23. The van der Waals surface area contributed by atoms with Gasteiger partial charge >= 0.3 is 0 Å². The van der Waals surface area contributed by atoms with Crippen LogP contribution in [0.15, 0.2) is 24.5 Å². The van der Waals surface area contributed by atoms with Crippen LogP contribution in [0.1, 0.15) is 22.5 Å². The van der Waals surface area contributed by atoms with Crippen LogP contribution in [-0.4, -0.2) is 81.7 Å². The van der Waals surface area contributed by atoms with E-state index in [9.17, 15) is 9.90 Å². The molecule has 4 heterocycles. The lowest BCUT2D eigenvalue weighted by molar-refractivity contribution is -0.0257. The predicted molar refractivity (Wildman–Crippen MR) is 92.7 cm³/mol. The Bertz CT molecular complexity index is 784. The molecule has 2 fully saturated rings. The van der Waals surface area contributed by atoms with Crippen LogP contribution >= 0.6 is 0 Å². The molecule has 7 nitrogen and oxygen atoms in total. The summed E-state index contributed by atoms with van der Waals surface area (Å²) in [6.45, 7) is 6.60. The van der Waals surface area contributed by atoms with E-state index in [1.807, 2.05) is 29.7 Å². The van der Waals surface area contributed by atoms with E-state index in [1.54, 1.807) is 11.1 Å². The zero-order valence-electron chi connectivity index (χ0n) is 14.5. The van der Waals surface area contributed by atoms with E-state index in [2.05, 4.69) is 9.88 Å². The van der Waals surface area contributed by atoms with Gasteiger partial charge in [0.05, 0.1) is 25.4 Å².